The Morgan fingerprint density at radius 3 is 2.19 bits per heavy atom. The van der Waals surface area contributed by atoms with E-state index in [-0.39, 0.29) is 0 Å². The number of carbonyl (C=O) groups excluding carboxylic acids is 1. The molecule has 1 aromatic heterocycles. The van der Waals surface area contributed by atoms with Crippen LogP contribution in [0.25, 0.3) is 16.7 Å². The molecule has 2 aromatic carbocycles. The molecule has 2 heterocycles. The Balaban J connectivity index is 0.000000476. The number of rotatable bonds is 14. The van der Waals surface area contributed by atoms with Gasteiger partial charge in [0.1, 0.15) is 17.8 Å². The number of aromatic nitrogens is 2. The maximum atomic E-state index is 9.83. The Labute approximate surface area is 290 Å². The van der Waals surface area contributed by atoms with Gasteiger partial charge in [-0.3, -0.25) is 9.36 Å². The SMILES string of the molecule is C=C/C=C(\C=C/C)OC=O.CC.CN(C)CCN(C)C.CNc1ccc(-n2cnc3cc(OCCCN4CCN(C)CC4)ccc32)cc1. The maximum absolute atomic E-state index is 9.83. The number of ether oxygens (including phenoxy) is 2. The highest BCUT2D eigenvalue weighted by molar-refractivity contribution is 5.79. The summed E-state index contributed by atoms with van der Waals surface area (Å²) in [6, 6.07) is 14.5. The monoisotopic (exact) mass is 663 g/mol. The molecule has 1 fully saturated rings. The fourth-order valence-electron chi connectivity index (χ4n) is 4.50. The molecule has 1 N–H and O–H groups in total. The lowest BCUT2D eigenvalue weighted by atomic mass is 10.2. The Bertz CT molecular complexity index is 1330. The number of likely N-dealkylation sites (N-methyl/N-ethyl adjacent to an activating group) is 3. The molecule has 0 spiro atoms. The number of carbonyl (C=O) groups is 1. The quantitative estimate of drug-likeness (QED) is 0.0964. The molecule has 0 unspecified atom stereocenters. The molecule has 0 amide bonds. The van der Waals surface area contributed by atoms with Crippen LogP contribution >= 0.6 is 0 Å². The number of allylic oxidation sites excluding steroid dienone is 4. The van der Waals surface area contributed by atoms with Crippen LogP contribution in [0.2, 0.25) is 0 Å². The van der Waals surface area contributed by atoms with Gasteiger partial charge in [-0.2, -0.15) is 0 Å². The normalized spacial score (nSPS) is 13.6. The second kappa shape index (κ2) is 25.1. The molecule has 10 heteroatoms. The summed E-state index contributed by atoms with van der Waals surface area (Å²) in [5, 5.41) is 3.14. The fourth-order valence-corrected chi connectivity index (χ4v) is 4.50. The molecule has 0 saturated carbocycles. The summed E-state index contributed by atoms with van der Waals surface area (Å²) >= 11 is 0. The predicted octanol–water partition coefficient (Wildman–Crippen LogP) is 6.02. The minimum Gasteiger partial charge on any atom is -0.493 e. The van der Waals surface area contributed by atoms with E-state index in [1.807, 2.05) is 46.3 Å². The zero-order valence-corrected chi connectivity index (χ0v) is 31.0. The van der Waals surface area contributed by atoms with E-state index in [4.69, 9.17) is 4.74 Å². The molecule has 3 aromatic rings. The van der Waals surface area contributed by atoms with Gasteiger partial charge < -0.3 is 34.4 Å². The minimum atomic E-state index is 0.384. The van der Waals surface area contributed by atoms with Crippen LogP contribution in [0.3, 0.4) is 0 Å². The summed E-state index contributed by atoms with van der Waals surface area (Å²) in [6.07, 6.45) is 9.53. The number of anilines is 1. The van der Waals surface area contributed by atoms with Crippen molar-refractivity contribution >= 4 is 23.2 Å². The van der Waals surface area contributed by atoms with Crippen LogP contribution in [-0.4, -0.2) is 130 Å². The van der Waals surface area contributed by atoms with Crippen LogP contribution in [0.1, 0.15) is 27.2 Å². The van der Waals surface area contributed by atoms with E-state index >= 15 is 0 Å². The largest absolute Gasteiger partial charge is 0.493 e. The first-order valence-electron chi connectivity index (χ1n) is 16.8. The van der Waals surface area contributed by atoms with Crippen LogP contribution in [-0.2, 0) is 9.53 Å². The number of nitrogens with zero attached hydrogens (tertiary/aromatic N) is 6. The van der Waals surface area contributed by atoms with Crippen molar-refractivity contribution in [1.29, 1.82) is 0 Å². The molecule has 1 saturated heterocycles. The Hall–Kier alpha value is -3.96. The summed E-state index contributed by atoms with van der Waals surface area (Å²) < 4.78 is 12.6. The van der Waals surface area contributed by atoms with E-state index in [1.54, 1.807) is 24.3 Å². The molecular formula is C38H61N7O3. The summed E-state index contributed by atoms with van der Waals surface area (Å²) in [7, 11) is 12.5. The minimum absolute atomic E-state index is 0.384. The number of benzene rings is 2. The Morgan fingerprint density at radius 1 is 1.00 bits per heavy atom. The molecule has 1 aliphatic heterocycles. The Morgan fingerprint density at radius 2 is 1.65 bits per heavy atom. The molecule has 10 nitrogen and oxygen atoms in total. The van der Waals surface area contributed by atoms with E-state index < -0.39 is 0 Å². The molecule has 1 aliphatic rings. The molecule has 0 aliphatic carbocycles. The first-order chi connectivity index (χ1) is 23.2. The van der Waals surface area contributed by atoms with Crippen molar-refractivity contribution < 1.29 is 14.3 Å². The first-order valence-corrected chi connectivity index (χ1v) is 16.8. The molecule has 48 heavy (non-hydrogen) atoms. The van der Waals surface area contributed by atoms with Gasteiger partial charge >= 0.3 is 0 Å². The predicted molar refractivity (Wildman–Crippen MR) is 203 cm³/mol. The average molecular weight is 664 g/mol. The van der Waals surface area contributed by atoms with Gasteiger partial charge in [-0.05, 0) is 97.1 Å². The van der Waals surface area contributed by atoms with Crippen LogP contribution in [0.4, 0.5) is 5.69 Å². The van der Waals surface area contributed by atoms with Crippen LogP contribution in [0.5, 0.6) is 5.75 Å². The van der Waals surface area contributed by atoms with Gasteiger partial charge in [0.25, 0.3) is 6.47 Å². The molecule has 266 valence electrons. The van der Waals surface area contributed by atoms with Crippen molar-refractivity contribution in [2.75, 3.05) is 100 Å². The lowest BCUT2D eigenvalue weighted by Crippen LogP contribution is -2.44. The number of nitrogens with one attached hydrogen (secondary N) is 1. The van der Waals surface area contributed by atoms with E-state index in [0.29, 0.717) is 12.2 Å². The smallest absolute Gasteiger partial charge is 0.298 e. The summed E-state index contributed by atoms with van der Waals surface area (Å²) in [6.45, 7) is 18.5. The van der Waals surface area contributed by atoms with Gasteiger partial charge in [0.15, 0.2) is 0 Å². The van der Waals surface area contributed by atoms with Crippen molar-refractivity contribution in [3.05, 3.63) is 85.4 Å². The molecule has 0 radical (unpaired) electrons. The maximum Gasteiger partial charge on any atom is 0.298 e. The second-order valence-corrected chi connectivity index (χ2v) is 11.5. The second-order valence-electron chi connectivity index (χ2n) is 11.5. The van der Waals surface area contributed by atoms with Gasteiger partial charge in [-0.25, -0.2) is 4.98 Å². The zero-order valence-electron chi connectivity index (χ0n) is 31.0. The lowest BCUT2D eigenvalue weighted by molar-refractivity contribution is -0.124. The lowest BCUT2D eigenvalue weighted by Gasteiger charge is -2.32. The molecular weight excluding hydrogens is 602 g/mol. The number of hydrogen-bond acceptors (Lipinski definition) is 9. The summed E-state index contributed by atoms with van der Waals surface area (Å²) in [5.41, 5.74) is 4.24. The van der Waals surface area contributed by atoms with Gasteiger partial charge in [0.05, 0.1) is 17.6 Å². The average Bonchev–Trinajstić information content (AvgIpc) is 3.52. The first kappa shape index (κ1) is 42.1. The number of imidazole rings is 1. The molecule has 0 bridgehead atoms. The summed E-state index contributed by atoms with van der Waals surface area (Å²) in [5.74, 6) is 1.38. The van der Waals surface area contributed by atoms with Crippen molar-refractivity contribution in [1.82, 2.24) is 29.2 Å². The van der Waals surface area contributed by atoms with Crippen LogP contribution < -0.4 is 10.1 Å². The molecule has 0 atom stereocenters. The van der Waals surface area contributed by atoms with Gasteiger partial charge in [0, 0.05) is 70.3 Å². The molecule has 4 rings (SSSR count). The van der Waals surface area contributed by atoms with E-state index in [1.165, 1.54) is 0 Å². The number of hydrogen-bond donors (Lipinski definition) is 1. The van der Waals surface area contributed by atoms with Crippen LogP contribution in [0.15, 0.2) is 85.4 Å². The fraction of sp³-hybridized carbons (Fsp3) is 0.474. The number of piperazine rings is 1. The standard InChI is InChI=1S/C22H29N5O.C8H10O2.C6H16N2.C2H6/c1-23-18-4-6-19(7-5-18)27-17-24-21-16-20(8-9-22(21)27)28-15-3-10-26-13-11-25(2)12-14-26;1-3-5-8(6-4-2)10-7-9;1-7(2)5-6-8(3)4;1-2/h4-9,16-17,23H,3,10-15H2,1-2H3;3-7H,1H2,2H3;5-6H2,1-4H3;1-2H3/b;6-4-,8-5+;;. The van der Waals surface area contributed by atoms with Gasteiger partial charge in [0.2, 0.25) is 0 Å². The van der Waals surface area contributed by atoms with Crippen molar-refractivity contribution in [3.63, 3.8) is 0 Å². The third-order valence-corrected chi connectivity index (χ3v) is 7.23. The third kappa shape index (κ3) is 16.7. The van der Waals surface area contributed by atoms with Crippen molar-refractivity contribution in [2.24, 2.45) is 0 Å². The third-order valence-electron chi connectivity index (χ3n) is 7.23. The van der Waals surface area contributed by atoms with Crippen molar-refractivity contribution in [3.8, 4) is 11.4 Å². The van der Waals surface area contributed by atoms with Gasteiger partial charge in [-0.15, -0.1) is 0 Å². The van der Waals surface area contributed by atoms with Gasteiger partial charge in [-0.1, -0.05) is 32.6 Å². The van der Waals surface area contributed by atoms with E-state index in [2.05, 4.69) is 111 Å². The zero-order chi connectivity index (χ0) is 35.7. The van der Waals surface area contributed by atoms with Crippen LogP contribution in [0, 0.1) is 0 Å². The van der Waals surface area contributed by atoms with E-state index in [0.717, 1.165) is 87.0 Å². The highest BCUT2D eigenvalue weighted by Gasteiger charge is 2.13. The van der Waals surface area contributed by atoms with Crippen molar-refractivity contribution in [2.45, 2.75) is 27.2 Å². The Kier molecular flexibility index (Phi) is 22.0. The topological polar surface area (TPSA) is 78.3 Å². The highest BCUT2D eigenvalue weighted by atomic mass is 16.5. The highest BCUT2D eigenvalue weighted by Crippen LogP contribution is 2.23. The number of fused-ring (bicyclic) bond motifs is 1. The van der Waals surface area contributed by atoms with E-state index in [9.17, 15) is 4.79 Å². The summed E-state index contributed by atoms with van der Waals surface area (Å²) in [4.78, 5) is 23.7.